The number of nitro benzene ring substituents is 1. The summed E-state index contributed by atoms with van der Waals surface area (Å²) in [5, 5.41) is 23.0. The third kappa shape index (κ3) is 3.90. The minimum atomic E-state index is -0.707. The Labute approximate surface area is 120 Å². The number of carbonyl (C=O) groups is 1. The van der Waals surface area contributed by atoms with Crippen molar-refractivity contribution in [2.75, 3.05) is 6.54 Å². The van der Waals surface area contributed by atoms with Gasteiger partial charge in [-0.15, -0.1) is 0 Å². The summed E-state index contributed by atoms with van der Waals surface area (Å²) in [6, 6.07) is 6.98. The van der Waals surface area contributed by atoms with Crippen LogP contribution in [-0.4, -0.2) is 22.5 Å². The van der Waals surface area contributed by atoms with Crippen molar-refractivity contribution in [2.45, 2.75) is 12.5 Å². The number of non-ortho nitro benzene ring substituents is 1. The number of furan rings is 1. The Hall–Kier alpha value is -2.67. The molecule has 1 aromatic heterocycles. The van der Waals surface area contributed by atoms with E-state index in [-0.39, 0.29) is 18.1 Å². The van der Waals surface area contributed by atoms with Gasteiger partial charge in [0.25, 0.3) is 11.6 Å². The molecule has 1 atom stereocenters. The van der Waals surface area contributed by atoms with E-state index in [1.165, 1.54) is 36.8 Å². The molecule has 1 amide bonds. The molecule has 7 heteroatoms. The van der Waals surface area contributed by atoms with Crippen molar-refractivity contribution in [2.24, 2.45) is 0 Å². The van der Waals surface area contributed by atoms with Crippen molar-refractivity contribution < 1.29 is 19.2 Å². The summed E-state index contributed by atoms with van der Waals surface area (Å²) < 4.78 is 4.86. The lowest BCUT2D eigenvalue weighted by atomic mass is 10.1. The van der Waals surface area contributed by atoms with Gasteiger partial charge in [-0.25, -0.2) is 0 Å². The maximum absolute atomic E-state index is 11.8. The highest BCUT2D eigenvalue weighted by molar-refractivity contribution is 5.94. The van der Waals surface area contributed by atoms with Crippen LogP contribution in [0.3, 0.4) is 0 Å². The second kappa shape index (κ2) is 6.67. The van der Waals surface area contributed by atoms with Crippen LogP contribution in [0.1, 0.15) is 28.4 Å². The number of amides is 1. The van der Waals surface area contributed by atoms with Crippen LogP contribution in [0.2, 0.25) is 0 Å². The van der Waals surface area contributed by atoms with Crippen LogP contribution in [0.5, 0.6) is 0 Å². The second-order valence-electron chi connectivity index (χ2n) is 4.42. The van der Waals surface area contributed by atoms with Crippen LogP contribution in [0.25, 0.3) is 0 Å². The monoisotopic (exact) mass is 290 g/mol. The Morgan fingerprint density at radius 3 is 2.62 bits per heavy atom. The normalized spacial score (nSPS) is 11.9. The zero-order valence-corrected chi connectivity index (χ0v) is 11.1. The lowest BCUT2D eigenvalue weighted by molar-refractivity contribution is -0.384. The summed E-state index contributed by atoms with van der Waals surface area (Å²) in [6.07, 6.45) is 2.55. The smallest absolute Gasteiger partial charge is 0.269 e. The quantitative estimate of drug-likeness (QED) is 0.625. The molecule has 0 fully saturated rings. The fourth-order valence-electron chi connectivity index (χ4n) is 1.79. The van der Waals surface area contributed by atoms with Crippen LogP contribution in [0, 0.1) is 10.1 Å². The molecule has 110 valence electrons. The van der Waals surface area contributed by atoms with Crippen LogP contribution in [0.4, 0.5) is 5.69 Å². The fraction of sp³-hybridized carbons (Fsp3) is 0.214. The van der Waals surface area contributed by atoms with Gasteiger partial charge in [-0.05, 0) is 24.6 Å². The van der Waals surface area contributed by atoms with Gasteiger partial charge in [0, 0.05) is 29.8 Å². The standard InChI is InChI=1S/C14H14N2O5/c17-13(11-6-8-21-9-11)5-7-15-14(18)10-1-3-12(4-2-10)16(19)20/h1-4,6,8-9,13,17H,5,7H2,(H,15,18). The number of nitro groups is 1. The van der Waals surface area contributed by atoms with E-state index in [0.29, 0.717) is 17.5 Å². The number of rotatable bonds is 6. The number of benzene rings is 1. The lowest BCUT2D eigenvalue weighted by Gasteiger charge is -2.09. The predicted octanol–water partition coefficient (Wildman–Crippen LogP) is 2.04. The first kappa shape index (κ1) is 14.7. The molecular formula is C14H14N2O5. The molecule has 0 aliphatic carbocycles. The van der Waals surface area contributed by atoms with Gasteiger partial charge < -0.3 is 14.8 Å². The van der Waals surface area contributed by atoms with E-state index in [2.05, 4.69) is 5.32 Å². The third-order valence-corrected chi connectivity index (χ3v) is 2.97. The van der Waals surface area contributed by atoms with E-state index in [9.17, 15) is 20.0 Å². The number of nitrogens with zero attached hydrogens (tertiary/aromatic N) is 1. The molecule has 7 nitrogen and oxygen atoms in total. The largest absolute Gasteiger partial charge is 0.472 e. The topological polar surface area (TPSA) is 106 Å². The zero-order chi connectivity index (χ0) is 15.2. The molecule has 0 spiro atoms. The number of aliphatic hydroxyl groups is 1. The van der Waals surface area contributed by atoms with Crippen LogP contribution in [0.15, 0.2) is 47.3 Å². The van der Waals surface area contributed by atoms with Gasteiger partial charge in [0.15, 0.2) is 0 Å². The molecule has 21 heavy (non-hydrogen) atoms. The molecule has 2 N–H and O–H groups in total. The summed E-state index contributed by atoms with van der Waals surface area (Å²) in [4.78, 5) is 21.8. The predicted molar refractivity (Wildman–Crippen MR) is 73.7 cm³/mol. The van der Waals surface area contributed by atoms with Crippen molar-refractivity contribution in [1.82, 2.24) is 5.32 Å². The first-order valence-corrected chi connectivity index (χ1v) is 6.31. The van der Waals surface area contributed by atoms with Crippen molar-refractivity contribution in [1.29, 1.82) is 0 Å². The van der Waals surface area contributed by atoms with Crippen LogP contribution < -0.4 is 5.32 Å². The molecule has 1 unspecified atom stereocenters. The molecule has 2 aromatic rings. The van der Waals surface area contributed by atoms with Crippen LogP contribution >= 0.6 is 0 Å². The highest BCUT2D eigenvalue weighted by Crippen LogP contribution is 2.16. The van der Waals surface area contributed by atoms with E-state index in [1.807, 2.05) is 0 Å². The summed E-state index contributed by atoms with van der Waals surface area (Å²) in [5.74, 6) is -0.343. The number of aliphatic hydroxyl groups excluding tert-OH is 1. The van der Waals surface area contributed by atoms with Crippen molar-refractivity contribution >= 4 is 11.6 Å². The van der Waals surface area contributed by atoms with E-state index in [1.54, 1.807) is 6.07 Å². The Bertz CT molecular complexity index is 607. The van der Waals surface area contributed by atoms with Crippen LogP contribution in [-0.2, 0) is 0 Å². The summed E-state index contributed by atoms with van der Waals surface area (Å²) >= 11 is 0. The van der Waals surface area contributed by atoms with Gasteiger partial charge in [-0.1, -0.05) is 0 Å². The highest BCUT2D eigenvalue weighted by Gasteiger charge is 2.11. The minimum absolute atomic E-state index is 0.0677. The first-order chi connectivity index (χ1) is 10.1. The van der Waals surface area contributed by atoms with E-state index < -0.39 is 11.0 Å². The molecule has 1 heterocycles. The molecule has 0 radical (unpaired) electrons. The Morgan fingerprint density at radius 1 is 1.33 bits per heavy atom. The minimum Gasteiger partial charge on any atom is -0.472 e. The highest BCUT2D eigenvalue weighted by atomic mass is 16.6. The molecule has 0 saturated heterocycles. The maximum Gasteiger partial charge on any atom is 0.269 e. The Morgan fingerprint density at radius 2 is 2.05 bits per heavy atom. The van der Waals surface area contributed by atoms with Gasteiger partial charge in [0.1, 0.15) is 0 Å². The lowest BCUT2D eigenvalue weighted by Crippen LogP contribution is -2.25. The van der Waals surface area contributed by atoms with Gasteiger partial charge in [-0.3, -0.25) is 14.9 Å². The maximum atomic E-state index is 11.8. The number of hydrogen-bond donors (Lipinski definition) is 2. The molecule has 1 aromatic carbocycles. The fourth-order valence-corrected chi connectivity index (χ4v) is 1.79. The van der Waals surface area contributed by atoms with Crippen molar-refractivity contribution in [3.8, 4) is 0 Å². The van der Waals surface area contributed by atoms with Gasteiger partial charge in [-0.2, -0.15) is 0 Å². The Kier molecular flexibility index (Phi) is 4.68. The van der Waals surface area contributed by atoms with Gasteiger partial charge in [0.2, 0.25) is 0 Å². The summed E-state index contributed by atoms with van der Waals surface area (Å²) in [6.45, 7) is 0.280. The SMILES string of the molecule is O=C(NCCC(O)c1ccoc1)c1ccc([N+](=O)[O-])cc1. The molecule has 0 bridgehead atoms. The van der Waals surface area contributed by atoms with E-state index in [4.69, 9.17) is 4.42 Å². The van der Waals surface area contributed by atoms with Crippen molar-refractivity contribution in [3.63, 3.8) is 0 Å². The molecule has 0 aliphatic heterocycles. The second-order valence-corrected chi connectivity index (χ2v) is 4.42. The van der Waals surface area contributed by atoms with Crippen molar-refractivity contribution in [3.05, 3.63) is 64.1 Å². The summed E-state index contributed by atoms with van der Waals surface area (Å²) in [5.41, 5.74) is 0.917. The average Bonchev–Trinajstić information content (AvgIpc) is 3.01. The van der Waals surface area contributed by atoms with E-state index >= 15 is 0 Å². The Balaban J connectivity index is 1.83. The molecule has 0 saturated carbocycles. The van der Waals surface area contributed by atoms with Gasteiger partial charge in [0.05, 0.1) is 23.6 Å². The average molecular weight is 290 g/mol. The molecular weight excluding hydrogens is 276 g/mol. The first-order valence-electron chi connectivity index (χ1n) is 6.31. The molecule has 0 aliphatic rings. The third-order valence-electron chi connectivity index (χ3n) is 2.97. The molecule has 2 rings (SSSR count). The summed E-state index contributed by atoms with van der Waals surface area (Å²) in [7, 11) is 0. The zero-order valence-electron chi connectivity index (χ0n) is 11.1. The number of carbonyl (C=O) groups excluding carboxylic acids is 1. The number of nitrogens with one attached hydrogen (secondary N) is 1. The number of hydrogen-bond acceptors (Lipinski definition) is 5. The van der Waals surface area contributed by atoms with Gasteiger partial charge >= 0.3 is 0 Å². The van der Waals surface area contributed by atoms with E-state index in [0.717, 1.165) is 0 Å².